The average molecular weight is 257 g/mol. The molecule has 0 spiro atoms. The molecule has 1 N–H and O–H groups in total. The van der Waals surface area contributed by atoms with Gasteiger partial charge in [0.2, 0.25) is 0 Å². The smallest absolute Gasteiger partial charge is 0.0700 e. The first kappa shape index (κ1) is 13.8. The van der Waals surface area contributed by atoms with E-state index in [4.69, 9.17) is 0 Å². The van der Waals surface area contributed by atoms with E-state index >= 15 is 0 Å². The lowest BCUT2D eigenvalue weighted by Crippen LogP contribution is -2.12. The molecule has 1 aromatic heterocycles. The third-order valence-electron chi connectivity index (χ3n) is 3.36. The summed E-state index contributed by atoms with van der Waals surface area (Å²) in [6.07, 6.45) is 3.09. The maximum atomic E-state index is 4.55. The average Bonchev–Trinajstić information content (AvgIpc) is 2.78. The molecule has 0 aliphatic carbocycles. The van der Waals surface area contributed by atoms with Crippen molar-refractivity contribution in [2.45, 2.75) is 33.7 Å². The van der Waals surface area contributed by atoms with E-state index in [0.717, 1.165) is 19.5 Å². The first-order valence-electron chi connectivity index (χ1n) is 6.98. The lowest BCUT2D eigenvalue weighted by molar-refractivity contribution is 0.727. The molecule has 0 atom stereocenters. The number of nitrogens with zero attached hydrogens (tertiary/aromatic N) is 2. The molecule has 0 fully saturated rings. The van der Waals surface area contributed by atoms with Gasteiger partial charge in [-0.2, -0.15) is 5.10 Å². The third kappa shape index (κ3) is 3.04. The Morgan fingerprint density at radius 1 is 1.21 bits per heavy atom. The van der Waals surface area contributed by atoms with Crippen LogP contribution in [0.3, 0.4) is 0 Å². The third-order valence-corrected chi connectivity index (χ3v) is 3.36. The molecule has 2 aromatic rings. The summed E-state index contributed by atoms with van der Waals surface area (Å²) in [5, 5.41) is 7.96. The van der Waals surface area contributed by atoms with Gasteiger partial charge in [-0.15, -0.1) is 0 Å². The van der Waals surface area contributed by atoms with E-state index in [1.165, 1.54) is 27.9 Å². The normalized spacial score (nSPS) is 10.9. The molecule has 19 heavy (non-hydrogen) atoms. The zero-order valence-corrected chi connectivity index (χ0v) is 12.3. The summed E-state index contributed by atoms with van der Waals surface area (Å²) in [6, 6.07) is 6.67. The summed E-state index contributed by atoms with van der Waals surface area (Å²) in [5.41, 5.74) is 6.38. The Kier molecular flexibility index (Phi) is 4.38. The van der Waals surface area contributed by atoms with Crippen LogP contribution < -0.4 is 5.32 Å². The van der Waals surface area contributed by atoms with Crippen LogP contribution in [0.25, 0.3) is 11.1 Å². The highest BCUT2D eigenvalue weighted by Gasteiger charge is 2.12. The van der Waals surface area contributed by atoms with E-state index in [-0.39, 0.29) is 0 Å². The molecule has 0 radical (unpaired) electrons. The Bertz CT molecular complexity index is 555. The highest BCUT2D eigenvalue weighted by atomic mass is 15.2. The van der Waals surface area contributed by atoms with Crippen molar-refractivity contribution in [2.24, 2.45) is 7.05 Å². The zero-order valence-electron chi connectivity index (χ0n) is 12.3. The fraction of sp³-hybridized carbons (Fsp3) is 0.438. The van der Waals surface area contributed by atoms with Crippen LogP contribution >= 0.6 is 0 Å². The second kappa shape index (κ2) is 6.02. The van der Waals surface area contributed by atoms with Crippen LogP contribution in [-0.4, -0.2) is 16.3 Å². The molecule has 0 amide bonds. The van der Waals surface area contributed by atoms with Crippen molar-refractivity contribution in [3.8, 4) is 11.1 Å². The predicted octanol–water partition coefficient (Wildman–Crippen LogP) is 3.07. The molecule has 102 valence electrons. The van der Waals surface area contributed by atoms with Crippen LogP contribution in [0.5, 0.6) is 0 Å². The van der Waals surface area contributed by atoms with Gasteiger partial charge < -0.3 is 5.32 Å². The van der Waals surface area contributed by atoms with Gasteiger partial charge in [0.25, 0.3) is 0 Å². The molecule has 0 unspecified atom stereocenters. The van der Waals surface area contributed by atoms with Crippen LogP contribution in [-0.2, 0) is 20.0 Å². The van der Waals surface area contributed by atoms with Crippen LogP contribution in [0.15, 0.2) is 24.4 Å². The van der Waals surface area contributed by atoms with Crippen molar-refractivity contribution in [2.75, 3.05) is 6.54 Å². The molecule has 0 bridgehead atoms. The Hall–Kier alpha value is -1.61. The largest absolute Gasteiger partial charge is 0.313 e. The topological polar surface area (TPSA) is 29.9 Å². The molecule has 3 heteroatoms. The van der Waals surface area contributed by atoms with E-state index in [2.05, 4.69) is 55.6 Å². The first-order valence-corrected chi connectivity index (χ1v) is 6.98. The minimum absolute atomic E-state index is 0.907. The van der Waals surface area contributed by atoms with E-state index in [0.29, 0.717) is 0 Å². The number of rotatable bonds is 5. The van der Waals surface area contributed by atoms with Gasteiger partial charge in [-0.25, -0.2) is 0 Å². The Morgan fingerprint density at radius 3 is 2.68 bits per heavy atom. The monoisotopic (exact) mass is 257 g/mol. The van der Waals surface area contributed by atoms with Gasteiger partial charge in [-0.05, 0) is 31.0 Å². The van der Waals surface area contributed by atoms with Crippen LogP contribution in [0.1, 0.15) is 30.7 Å². The van der Waals surface area contributed by atoms with Crippen molar-refractivity contribution in [3.63, 3.8) is 0 Å². The lowest BCUT2D eigenvalue weighted by Gasteiger charge is -2.11. The van der Waals surface area contributed by atoms with Gasteiger partial charge in [0.15, 0.2) is 0 Å². The van der Waals surface area contributed by atoms with Crippen molar-refractivity contribution in [1.82, 2.24) is 15.1 Å². The SMILES string of the molecule is CCNCc1ccc(C)cc1-c1cn(C)nc1CC. The van der Waals surface area contributed by atoms with Crippen LogP contribution in [0, 0.1) is 6.92 Å². The minimum Gasteiger partial charge on any atom is -0.313 e. The second-order valence-electron chi connectivity index (χ2n) is 4.96. The fourth-order valence-corrected chi connectivity index (χ4v) is 2.38. The first-order chi connectivity index (χ1) is 9.15. The fourth-order valence-electron chi connectivity index (χ4n) is 2.38. The number of nitrogens with one attached hydrogen (secondary N) is 1. The van der Waals surface area contributed by atoms with Gasteiger partial charge in [0.1, 0.15) is 0 Å². The lowest BCUT2D eigenvalue weighted by atomic mass is 9.97. The Labute approximate surface area is 115 Å². The summed E-state index contributed by atoms with van der Waals surface area (Å²) >= 11 is 0. The molecule has 0 saturated carbocycles. The molecule has 0 aliphatic heterocycles. The van der Waals surface area contributed by atoms with Gasteiger partial charge in [0, 0.05) is 25.4 Å². The van der Waals surface area contributed by atoms with Crippen molar-refractivity contribution >= 4 is 0 Å². The molecule has 2 rings (SSSR count). The number of benzene rings is 1. The number of aromatic nitrogens is 2. The maximum absolute atomic E-state index is 4.55. The number of hydrogen-bond acceptors (Lipinski definition) is 2. The molecular formula is C16H23N3. The Morgan fingerprint density at radius 2 is 2.00 bits per heavy atom. The van der Waals surface area contributed by atoms with Gasteiger partial charge >= 0.3 is 0 Å². The highest BCUT2D eigenvalue weighted by molar-refractivity contribution is 5.70. The van der Waals surface area contributed by atoms with E-state index in [1.54, 1.807) is 0 Å². The summed E-state index contributed by atoms with van der Waals surface area (Å²) in [5.74, 6) is 0. The van der Waals surface area contributed by atoms with E-state index in [1.807, 2.05) is 11.7 Å². The number of aryl methyl sites for hydroxylation is 3. The summed E-state index contributed by atoms with van der Waals surface area (Å²) in [4.78, 5) is 0. The molecule has 0 aliphatic rings. The van der Waals surface area contributed by atoms with Gasteiger partial charge in [-0.1, -0.05) is 37.6 Å². The van der Waals surface area contributed by atoms with Gasteiger partial charge in [0.05, 0.1) is 5.69 Å². The van der Waals surface area contributed by atoms with Crippen LogP contribution in [0.2, 0.25) is 0 Å². The molecule has 1 heterocycles. The quantitative estimate of drug-likeness (QED) is 0.892. The summed E-state index contributed by atoms with van der Waals surface area (Å²) in [7, 11) is 1.99. The standard InChI is InChI=1S/C16H23N3/c1-5-16-15(11-19(4)18-16)14-9-12(3)7-8-13(14)10-17-6-2/h7-9,11,17H,5-6,10H2,1-4H3. The summed E-state index contributed by atoms with van der Waals surface area (Å²) < 4.78 is 1.91. The van der Waals surface area contributed by atoms with E-state index < -0.39 is 0 Å². The predicted molar refractivity (Wildman–Crippen MR) is 80.1 cm³/mol. The second-order valence-corrected chi connectivity index (χ2v) is 4.96. The van der Waals surface area contributed by atoms with Crippen molar-refractivity contribution in [3.05, 3.63) is 41.2 Å². The molecule has 3 nitrogen and oxygen atoms in total. The molecular weight excluding hydrogens is 234 g/mol. The van der Waals surface area contributed by atoms with E-state index in [9.17, 15) is 0 Å². The van der Waals surface area contributed by atoms with Crippen molar-refractivity contribution < 1.29 is 0 Å². The summed E-state index contributed by atoms with van der Waals surface area (Å²) in [6.45, 7) is 8.33. The van der Waals surface area contributed by atoms with Gasteiger partial charge in [-0.3, -0.25) is 4.68 Å². The highest BCUT2D eigenvalue weighted by Crippen LogP contribution is 2.28. The minimum atomic E-state index is 0.907. The van der Waals surface area contributed by atoms with Crippen LogP contribution in [0.4, 0.5) is 0 Å². The Balaban J connectivity index is 2.49. The number of hydrogen-bond donors (Lipinski definition) is 1. The van der Waals surface area contributed by atoms with Crippen molar-refractivity contribution in [1.29, 1.82) is 0 Å². The zero-order chi connectivity index (χ0) is 13.8. The molecule has 1 aromatic carbocycles. The maximum Gasteiger partial charge on any atom is 0.0700 e. The molecule has 0 saturated heterocycles.